The van der Waals surface area contributed by atoms with Crippen molar-refractivity contribution in [2.24, 2.45) is 5.73 Å². The Balaban J connectivity index is 1.85. The van der Waals surface area contributed by atoms with E-state index in [0.29, 0.717) is 22.1 Å². The molecule has 7 heteroatoms. The van der Waals surface area contributed by atoms with Crippen molar-refractivity contribution in [1.29, 1.82) is 0 Å². The van der Waals surface area contributed by atoms with Gasteiger partial charge in [-0.1, -0.05) is 23.8 Å². The van der Waals surface area contributed by atoms with Crippen LogP contribution in [0.5, 0.6) is 0 Å². The lowest BCUT2D eigenvalue weighted by Gasteiger charge is -2.32. The van der Waals surface area contributed by atoms with Crippen LogP contribution in [-0.2, 0) is 0 Å². The van der Waals surface area contributed by atoms with Crippen LogP contribution in [-0.4, -0.2) is 46.5 Å². The predicted octanol–water partition coefficient (Wildman–Crippen LogP) is 1.22. The van der Waals surface area contributed by atoms with Crippen LogP contribution in [0.25, 0.3) is 0 Å². The normalized spacial score (nSPS) is 16.9. The number of carbonyl (C=O) groups excluding carboxylic acids is 1. The van der Waals surface area contributed by atoms with Crippen LogP contribution < -0.4 is 11.1 Å². The van der Waals surface area contributed by atoms with Gasteiger partial charge in [0.15, 0.2) is 0 Å². The fourth-order valence-electron chi connectivity index (χ4n) is 2.28. The van der Waals surface area contributed by atoms with E-state index in [0.717, 1.165) is 25.9 Å². The molecule has 2 rings (SSSR count). The van der Waals surface area contributed by atoms with E-state index < -0.39 is 0 Å². The lowest BCUT2D eigenvalue weighted by atomic mass is 10.0. The van der Waals surface area contributed by atoms with E-state index in [1.54, 1.807) is 12.3 Å². The zero-order valence-corrected chi connectivity index (χ0v) is 12.6. The van der Waals surface area contributed by atoms with Gasteiger partial charge in [-0.2, -0.15) is 0 Å². The smallest absolute Gasteiger partial charge is 0.253 e. The molecule has 5 nitrogen and oxygen atoms in total. The molecule has 0 unspecified atom stereocenters. The van der Waals surface area contributed by atoms with Crippen molar-refractivity contribution in [1.82, 2.24) is 15.2 Å². The number of likely N-dealkylation sites (tertiary alicyclic amines) is 1. The Morgan fingerprint density at radius 3 is 2.85 bits per heavy atom. The van der Waals surface area contributed by atoms with Crippen LogP contribution in [0, 0.1) is 0 Å². The zero-order valence-electron chi connectivity index (χ0n) is 11.0. The number of aromatic nitrogens is 1. The molecule has 3 N–H and O–H groups in total. The third kappa shape index (κ3) is 4.13. The monoisotopic (exact) mass is 312 g/mol. The number of hydrogen-bond donors (Lipinski definition) is 2. The SMILES string of the molecule is NC(=S)CN1CCC(NC(=O)c2ccncc2Cl)CC1. The maximum absolute atomic E-state index is 12.1. The lowest BCUT2D eigenvalue weighted by molar-refractivity contribution is 0.0915. The molecule has 1 aliphatic heterocycles. The van der Waals surface area contributed by atoms with Gasteiger partial charge in [0.05, 0.1) is 15.6 Å². The number of nitrogens with zero attached hydrogens (tertiary/aromatic N) is 2. The number of nitrogens with two attached hydrogens (primary N) is 1. The molecule has 0 radical (unpaired) electrons. The van der Waals surface area contributed by atoms with Crippen molar-refractivity contribution in [3.63, 3.8) is 0 Å². The maximum Gasteiger partial charge on any atom is 0.253 e. The minimum absolute atomic E-state index is 0.148. The summed E-state index contributed by atoms with van der Waals surface area (Å²) in [5, 5.41) is 3.38. The fourth-order valence-corrected chi connectivity index (χ4v) is 2.67. The summed E-state index contributed by atoms with van der Waals surface area (Å²) in [6.07, 6.45) is 4.81. The summed E-state index contributed by atoms with van der Waals surface area (Å²) < 4.78 is 0. The first-order valence-electron chi connectivity index (χ1n) is 6.47. The van der Waals surface area contributed by atoms with Crippen LogP contribution in [0.4, 0.5) is 0 Å². The van der Waals surface area contributed by atoms with Gasteiger partial charge in [-0.05, 0) is 18.9 Å². The molecular weight excluding hydrogens is 296 g/mol. The van der Waals surface area contributed by atoms with Gasteiger partial charge < -0.3 is 11.1 Å². The van der Waals surface area contributed by atoms with Gasteiger partial charge in [-0.25, -0.2) is 0 Å². The molecule has 2 heterocycles. The third-order valence-electron chi connectivity index (χ3n) is 3.32. The molecule has 1 saturated heterocycles. The number of carbonyl (C=O) groups is 1. The topological polar surface area (TPSA) is 71.2 Å². The van der Waals surface area contributed by atoms with Gasteiger partial charge in [0, 0.05) is 38.1 Å². The molecule has 0 bridgehead atoms. The Labute approximate surface area is 128 Å². The highest BCUT2D eigenvalue weighted by Gasteiger charge is 2.22. The van der Waals surface area contributed by atoms with Gasteiger partial charge in [0.25, 0.3) is 5.91 Å². The highest BCUT2D eigenvalue weighted by atomic mass is 35.5. The lowest BCUT2D eigenvalue weighted by Crippen LogP contribution is -2.46. The predicted molar refractivity (Wildman–Crippen MR) is 83.0 cm³/mol. The summed E-state index contributed by atoms with van der Waals surface area (Å²) in [5.41, 5.74) is 6.00. The largest absolute Gasteiger partial charge is 0.392 e. The third-order valence-corrected chi connectivity index (χ3v) is 3.75. The van der Waals surface area contributed by atoms with E-state index in [1.807, 2.05) is 0 Å². The number of nitrogens with one attached hydrogen (secondary N) is 1. The average Bonchev–Trinajstić information content (AvgIpc) is 2.41. The minimum Gasteiger partial charge on any atom is -0.392 e. The molecule has 1 aromatic rings. The van der Waals surface area contributed by atoms with Crippen molar-refractivity contribution in [3.8, 4) is 0 Å². The van der Waals surface area contributed by atoms with Crippen LogP contribution in [0.2, 0.25) is 5.02 Å². The number of rotatable bonds is 4. The summed E-state index contributed by atoms with van der Waals surface area (Å²) in [7, 11) is 0. The van der Waals surface area contributed by atoms with Gasteiger partial charge in [-0.3, -0.25) is 14.7 Å². The Morgan fingerprint density at radius 1 is 1.55 bits per heavy atom. The highest BCUT2D eigenvalue weighted by Crippen LogP contribution is 2.15. The second-order valence-electron chi connectivity index (χ2n) is 4.85. The molecule has 0 saturated carbocycles. The summed E-state index contributed by atoms with van der Waals surface area (Å²) in [6, 6.07) is 1.79. The summed E-state index contributed by atoms with van der Waals surface area (Å²) in [4.78, 5) is 18.7. The number of thiocarbonyl (C=S) groups is 1. The molecule has 20 heavy (non-hydrogen) atoms. The van der Waals surface area contributed by atoms with Crippen molar-refractivity contribution >= 4 is 34.7 Å². The molecule has 1 aliphatic rings. The Morgan fingerprint density at radius 2 is 2.25 bits per heavy atom. The van der Waals surface area contributed by atoms with Gasteiger partial charge >= 0.3 is 0 Å². The number of pyridine rings is 1. The van der Waals surface area contributed by atoms with E-state index in [2.05, 4.69) is 15.2 Å². The molecule has 1 amide bonds. The van der Waals surface area contributed by atoms with E-state index >= 15 is 0 Å². The molecule has 108 valence electrons. The Bertz CT molecular complexity index is 503. The van der Waals surface area contributed by atoms with Crippen molar-refractivity contribution in [3.05, 3.63) is 29.0 Å². The molecule has 1 aromatic heterocycles. The van der Waals surface area contributed by atoms with E-state index in [-0.39, 0.29) is 11.9 Å². The van der Waals surface area contributed by atoms with Crippen LogP contribution in [0.3, 0.4) is 0 Å². The first-order valence-corrected chi connectivity index (χ1v) is 7.26. The zero-order chi connectivity index (χ0) is 14.5. The number of amides is 1. The Kier molecular flexibility index (Phi) is 5.28. The van der Waals surface area contributed by atoms with E-state index in [9.17, 15) is 4.79 Å². The average molecular weight is 313 g/mol. The first-order chi connectivity index (χ1) is 9.56. The second kappa shape index (κ2) is 6.97. The molecular formula is C13H17ClN4OS. The second-order valence-corrected chi connectivity index (χ2v) is 5.78. The van der Waals surface area contributed by atoms with Gasteiger partial charge in [0.1, 0.15) is 0 Å². The van der Waals surface area contributed by atoms with Gasteiger partial charge in [-0.15, -0.1) is 0 Å². The van der Waals surface area contributed by atoms with Crippen molar-refractivity contribution in [2.45, 2.75) is 18.9 Å². The van der Waals surface area contributed by atoms with Crippen LogP contribution in [0.1, 0.15) is 23.2 Å². The molecule has 0 spiro atoms. The summed E-state index contributed by atoms with van der Waals surface area (Å²) in [5.74, 6) is -0.148. The standard InChI is InChI=1S/C13H17ClN4OS/c14-11-7-16-4-1-10(11)13(19)17-9-2-5-18(6-3-9)8-12(15)20/h1,4,7,9H,2-3,5-6,8H2,(H2,15,20)(H,17,19). The molecule has 0 aromatic carbocycles. The molecule has 1 fully saturated rings. The first kappa shape index (κ1) is 15.2. The van der Waals surface area contributed by atoms with E-state index in [1.165, 1.54) is 6.20 Å². The quantitative estimate of drug-likeness (QED) is 0.818. The highest BCUT2D eigenvalue weighted by molar-refractivity contribution is 7.80. The summed E-state index contributed by atoms with van der Waals surface area (Å²) >= 11 is 10.9. The Hall–Kier alpha value is -1.24. The number of halogens is 1. The summed E-state index contributed by atoms with van der Waals surface area (Å²) in [6.45, 7) is 2.41. The van der Waals surface area contributed by atoms with Crippen LogP contribution >= 0.6 is 23.8 Å². The number of hydrogen-bond acceptors (Lipinski definition) is 4. The fraction of sp³-hybridized carbons (Fsp3) is 0.462. The van der Waals surface area contributed by atoms with Crippen LogP contribution in [0.15, 0.2) is 18.5 Å². The van der Waals surface area contributed by atoms with Crippen molar-refractivity contribution < 1.29 is 4.79 Å². The van der Waals surface area contributed by atoms with E-state index in [4.69, 9.17) is 29.6 Å². The molecule has 0 atom stereocenters. The van der Waals surface area contributed by atoms with Crippen molar-refractivity contribution in [2.75, 3.05) is 19.6 Å². The van der Waals surface area contributed by atoms with Gasteiger partial charge in [0.2, 0.25) is 0 Å². The minimum atomic E-state index is -0.148. The molecule has 0 aliphatic carbocycles. The number of piperidine rings is 1. The maximum atomic E-state index is 12.1.